The fourth-order valence-electron chi connectivity index (χ4n) is 1.14. The Morgan fingerprint density at radius 1 is 1.67 bits per heavy atom. The Morgan fingerprint density at radius 2 is 2.33 bits per heavy atom. The van der Waals surface area contributed by atoms with Crippen LogP contribution >= 0.6 is 10.7 Å². The van der Waals surface area contributed by atoms with Crippen molar-refractivity contribution < 1.29 is 13.2 Å². The molecule has 1 atom stereocenters. The van der Waals surface area contributed by atoms with Gasteiger partial charge >= 0.3 is 0 Å². The Hall–Kier alpha value is 0.160. The van der Waals surface area contributed by atoms with Crippen molar-refractivity contribution in [3.8, 4) is 0 Å². The number of hydrogen-bond donors (Lipinski definition) is 0. The number of morpholine rings is 1. The minimum atomic E-state index is -3.54. The highest BCUT2D eigenvalue weighted by Crippen LogP contribution is 2.14. The first-order valence-corrected chi connectivity index (χ1v) is 6.12. The maximum absolute atomic E-state index is 10.9. The van der Waals surface area contributed by atoms with Crippen LogP contribution in [0.5, 0.6) is 0 Å². The predicted octanol–water partition coefficient (Wildman–Crippen LogP) is 0.581. The second kappa shape index (κ2) is 3.91. The van der Waals surface area contributed by atoms with Crippen LogP contribution in [0, 0.1) is 0 Å². The van der Waals surface area contributed by atoms with Crippen molar-refractivity contribution in [1.82, 2.24) is 4.31 Å². The highest BCUT2D eigenvalue weighted by molar-refractivity contribution is 8.11. The van der Waals surface area contributed by atoms with Crippen molar-refractivity contribution in [3.63, 3.8) is 0 Å². The monoisotopic (exact) mass is 213 g/mol. The predicted molar refractivity (Wildman–Crippen MR) is 46.4 cm³/mol. The van der Waals surface area contributed by atoms with Gasteiger partial charge in [-0.05, 0) is 6.42 Å². The van der Waals surface area contributed by atoms with Crippen molar-refractivity contribution in [1.29, 1.82) is 0 Å². The van der Waals surface area contributed by atoms with Gasteiger partial charge in [-0.15, -0.1) is 0 Å². The van der Waals surface area contributed by atoms with Crippen molar-refractivity contribution in [3.05, 3.63) is 0 Å². The third-order valence-electron chi connectivity index (χ3n) is 1.87. The summed E-state index contributed by atoms with van der Waals surface area (Å²) in [4.78, 5) is 0. The molecule has 12 heavy (non-hydrogen) atoms. The van der Waals surface area contributed by atoms with Gasteiger partial charge in [0.15, 0.2) is 0 Å². The standard InChI is InChI=1S/C6H12ClNO3S/c1-2-6-5-8(3-4-11-6)12(7,9)10/h6H,2-5H2,1H3. The van der Waals surface area contributed by atoms with Crippen LogP contribution in [0.2, 0.25) is 0 Å². The topological polar surface area (TPSA) is 46.6 Å². The van der Waals surface area contributed by atoms with E-state index in [0.717, 1.165) is 6.42 Å². The van der Waals surface area contributed by atoms with Crippen molar-refractivity contribution in [2.45, 2.75) is 19.4 Å². The lowest BCUT2D eigenvalue weighted by atomic mass is 10.2. The summed E-state index contributed by atoms with van der Waals surface area (Å²) in [6, 6.07) is 0. The molecule has 72 valence electrons. The third-order valence-corrected chi connectivity index (χ3v) is 3.40. The Kier molecular flexibility index (Phi) is 3.34. The SMILES string of the molecule is CCC1CN(S(=O)(=O)Cl)CCO1. The molecule has 1 aliphatic heterocycles. The average molecular weight is 214 g/mol. The molecule has 1 aliphatic rings. The van der Waals surface area contributed by atoms with Gasteiger partial charge in [0.05, 0.1) is 12.7 Å². The maximum Gasteiger partial charge on any atom is 0.299 e. The molecule has 0 radical (unpaired) electrons. The Bertz CT molecular complexity index is 241. The summed E-state index contributed by atoms with van der Waals surface area (Å²) in [5, 5.41) is 0. The highest BCUT2D eigenvalue weighted by Gasteiger charge is 2.26. The molecule has 0 bridgehead atoms. The molecule has 0 saturated carbocycles. The Balaban J connectivity index is 2.58. The van der Waals surface area contributed by atoms with E-state index in [1.807, 2.05) is 6.92 Å². The zero-order valence-corrected chi connectivity index (χ0v) is 8.44. The number of rotatable bonds is 2. The normalized spacial score (nSPS) is 27.3. The molecule has 1 rings (SSSR count). The Morgan fingerprint density at radius 3 is 2.83 bits per heavy atom. The van der Waals surface area contributed by atoms with Gasteiger partial charge in [-0.25, -0.2) is 0 Å². The molecular formula is C6H12ClNO3S. The molecule has 6 heteroatoms. The van der Waals surface area contributed by atoms with Crippen molar-refractivity contribution in [2.75, 3.05) is 19.7 Å². The molecule has 1 heterocycles. The molecule has 0 aromatic heterocycles. The van der Waals surface area contributed by atoms with Crippen LogP contribution in [0.25, 0.3) is 0 Å². The minimum absolute atomic E-state index is 0.00715. The van der Waals surface area contributed by atoms with Crippen LogP contribution in [0.15, 0.2) is 0 Å². The van der Waals surface area contributed by atoms with Gasteiger partial charge in [0.1, 0.15) is 0 Å². The largest absolute Gasteiger partial charge is 0.375 e. The van der Waals surface area contributed by atoms with Crippen LogP contribution in [-0.4, -0.2) is 38.5 Å². The van der Waals surface area contributed by atoms with E-state index in [1.54, 1.807) is 0 Å². The fraction of sp³-hybridized carbons (Fsp3) is 1.00. The molecule has 0 aromatic rings. The van der Waals surface area contributed by atoms with E-state index in [4.69, 9.17) is 15.4 Å². The van der Waals surface area contributed by atoms with Gasteiger partial charge in [0.2, 0.25) is 0 Å². The summed E-state index contributed by atoms with van der Waals surface area (Å²) < 4.78 is 28.3. The van der Waals surface area contributed by atoms with Gasteiger partial charge in [-0.2, -0.15) is 12.7 Å². The van der Waals surface area contributed by atoms with Crippen molar-refractivity contribution in [2.24, 2.45) is 0 Å². The third kappa shape index (κ3) is 2.58. The van der Waals surface area contributed by atoms with Gasteiger partial charge in [0, 0.05) is 23.8 Å². The van der Waals surface area contributed by atoms with E-state index < -0.39 is 9.24 Å². The molecule has 0 N–H and O–H groups in total. The van der Waals surface area contributed by atoms with E-state index in [-0.39, 0.29) is 6.10 Å². The molecule has 0 aliphatic carbocycles. The molecule has 4 nitrogen and oxygen atoms in total. The van der Waals surface area contributed by atoms with Gasteiger partial charge < -0.3 is 4.74 Å². The first kappa shape index (κ1) is 10.2. The summed E-state index contributed by atoms with van der Waals surface area (Å²) in [6.07, 6.45) is 0.801. The summed E-state index contributed by atoms with van der Waals surface area (Å²) in [7, 11) is 1.63. The number of nitrogens with zero attached hydrogens (tertiary/aromatic N) is 1. The molecule has 1 saturated heterocycles. The number of halogens is 1. The van der Waals surface area contributed by atoms with E-state index in [9.17, 15) is 8.42 Å². The molecular weight excluding hydrogens is 202 g/mol. The lowest BCUT2D eigenvalue weighted by Gasteiger charge is -2.29. The van der Waals surface area contributed by atoms with Crippen LogP contribution in [-0.2, 0) is 14.0 Å². The highest BCUT2D eigenvalue weighted by atomic mass is 35.7. The first-order chi connectivity index (χ1) is 5.54. The maximum atomic E-state index is 10.9. The van der Waals surface area contributed by atoms with Crippen LogP contribution in [0.4, 0.5) is 0 Å². The van der Waals surface area contributed by atoms with Crippen LogP contribution < -0.4 is 0 Å². The quantitative estimate of drug-likeness (QED) is 0.631. The van der Waals surface area contributed by atoms with E-state index in [0.29, 0.717) is 19.7 Å². The van der Waals surface area contributed by atoms with E-state index in [1.165, 1.54) is 4.31 Å². The molecule has 0 aromatic carbocycles. The van der Waals surface area contributed by atoms with Crippen molar-refractivity contribution >= 4 is 19.9 Å². The van der Waals surface area contributed by atoms with Crippen LogP contribution in [0.3, 0.4) is 0 Å². The molecule has 0 spiro atoms. The smallest absolute Gasteiger partial charge is 0.299 e. The summed E-state index contributed by atoms with van der Waals surface area (Å²) in [6.45, 7) is 3.13. The average Bonchev–Trinajstić information content (AvgIpc) is 2.03. The van der Waals surface area contributed by atoms with Gasteiger partial charge in [-0.3, -0.25) is 0 Å². The lowest BCUT2D eigenvalue weighted by molar-refractivity contribution is -0.00210. The Labute approximate surface area is 77.0 Å². The summed E-state index contributed by atoms with van der Waals surface area (Å²) in [5.41, 5.74) is 0. The first-order valence-electron chi connectivity index (χ1n) is 3.85. The van der Waals surface area contributed by atoms with E-state index >= 15 is 0 Å². The second-order valence-corrected chi connectivity index (χ2v) is 5.21. The van der Waals surface area contributed by atoms with Crippen LogP contribution in [0.1, 0.15) is 13.3 Å². The number of ether oxygens (including phenoxy) is 1. The van der Waals surface area contributed by atoms with E-state index in [2.05, 4.69) is 0 Å². The lowest BCUT2D eigenvalue weighted by Crippen LogP contribution is -2.43. The number of hydrogen-bond acceptors (Lipinski definition) is 3. The zero-order chi connectivity index (χ0) is 9.19. The molecule has 0 amide bonds. The minimum Gasteiger partial charge on any atom is -0.375 e. The fourth-order valence-corrected chi connectivity index (χ4v) is 2.15. The zero-order valence-electron chi connectivity index (χ0n) is 6.86. The van der Waals surface area contributed by atoms with Gasteiger partial charge in [-0.1, -0.05) is 6.92 Å². The summed E-state index contributed by atoms with van der Waals surface area (Å²) >= 11 is 0. The second-order valence-electron chi connectivity index (χ2n) is 2.70. The summed E-state index contributed by atoms with van der Waals surface area (Å²) in [5.74, 6) is 0. The molecule has 1 fully saturated rings. The molecule has 1 unspecified atom stereocenters. The van der Waals surface area contributed by atoms with Gasteiger partial charge in [0.25, 0.3) is 9.24 Å².